The lowest BCUT2D eigenvalue weighted by atomic mass is 10.2. The van der Waals surface area contributed by atoms with Crippen LogP contribution in [0.5, 0.6) is 0 Å². The van der Waals surface area contributed by atoms with Gasteiger partial charge in [-0.15, -0.1) is 0 Å². The van der Waals surface area contributed by atoms with Crippen molar-refractivity contribution >= 4 is 27.8 Å². The average molecular weight is 311 g/mol. The van der Waals surface area contributed by atoms with Gasteiger partial charge in [-0.25, -0.2) is 8.78 Å². The first-order chi connectivity index (χ1) is 8.65. The first-order valence-corrected chi connectivity index (χ1v) is 5.94. The van der Waals surface area contributed by atoms with E-state index in [0.717, 1.165) is 16.1 Å². The lowest BCUT2D eigenvalue weighted by molar-refractivity contribution is 0.585. The molecule has 0 heterocycles. The molecule has 0 atom stereocenters. The van der Waals surface area contributed by atoms with Crippen molar-refractivity contribution in [3.05, 3.63) is 64.1 Å². The topological polar surface area (TPSA) is 24.4 Å². The highest BCUT2D eigenvalue weighted by molar-refractivity contribution is 9.10. The molecule has 0 aliphatic carbocycles. The molecule has 92 valence electrons. The summed E-state index contributed by atoms with van der Waals surface area (Å²) < 4.78 is 26.9. The predicted molar refractivity (Wildman–Crippen MR) is 71.7 cm³/mol. The maximum Gasteiger partial charge on any atom is 0.151 e. The predicted octanol–water partition coefficient (Wildman–Crippen LogP) is 4.17. The minimum atomic E-state index is -0.678. The van der Waals surface area contributed by atoms with Crippen LogP contribution in [-0.4, -0.2) is 6.21 Å². The third-order valence-electron chi connectivity index (χ3n) is 2.20. The normalized spacial score (nSPS) is 10.8. The van der Waals surface area contributed by atoms with E-state index < -0.39 is 11.6 Å². The quantitative estimate of drug-likeness (QED) is 0.667. The summed E-state index contributed by atoms with van der Waals surface area (Å²) in [5, 5.41) is 3.88. The Morgan fingerprint density at radius 1 is 1.06 bits per heavy atom. The maximum atomic E-state index is 13.2. The number of nitrogens with one attached hydrogen (secondary N) is 1. The molecule has 0 unspecified atom stereocenters. The summed E-state index contributed by atoms with van der Waals surface area (Å²) in [6.45, 7) is 0. The Hall–Kier alpha value is -1.75. The smallest absolute Gasteiger partial charge is 0.151 e. The van der Waals surface area contributed by atoms with Crippen LogP contribution in [0.4, 0.5) is 14.5 Å². The highest BCUT2D eigenvalue weighted by Gasteiger charge is 2.01. The lowest BCUT2D eigenvalue weighted by Gasteiger charge is -2.01. The van der Waals surface area contributed by atoms with Gasteiger partial charge in [0.2, 0.25) is 0 Å². The zero-order valence-corrected chi connectivity index (χ0v) is 10.8. The molecule has 0 saturated heterocycles. The van der Waals surface area contributed by atoms with Gasteiger partial charge >= 0.3 is 0 Å². The van der Waals surface area contributed by atoms with Crippen LogP contribution in [0.2, 0.25) is 0 Å². The van der Waals surface area contributed by atoms with Gasteiger partial charge in [-0.1, -0.05) is 28.1 Å². The van der Waals surface area contributed by atoms with E-state index in [2.05, 4.69) is 26.5 Å². The van der Waals surface area contributed by atoms with Crippen molar-refractivity contribution in [1.82, 2.24) is 0 Å². The Labute approximate surface area is 111 Å². The van der Waals surface area contributed by atoms with Crippen molar-refractivity contribution in [2.45, 2.75) is 0 Å². The zero-order valence-electron chi connectivity index (χ0n) is 9.20. The Bertz CT molecular complexity index is 568. The number of nitrogens with zero attached hydrogens (tertiary/aromatic N) is 1. The number of rotatable bonds is 3. The summed E-state index contributed by atoms with van der Waals surface area (Å²) >= 11 is 3.32. The summed E-state index contributed by atoms with van der Waals surface area (Å²) in [7, 11) is 0. The lowest BCUT2D eigenvalue weighted by Crippen LogP contribution is -1.94. The second kappa shape index (κ2) is 5.73. The van der Waals surface area contributed by atoms with Gasteiger partial charge < -0.3 is 0 Å². The summed E-state index contributed by atoms with van der Waals surface area (Å²) in [5.74, 6) is -1.29. The van der Waals surface area contributed by atoms with E-state index in [-0.39, 0.29) is 5.69 Å². The third kappa shape index (κ3) is 3.37. The van der Waals surface area contributed by atoms with Crippen LogP contribution in [0, 0.1) is 11.6 Å². The largest absolute Gasteiger partial charge is 0.276 e. The molecule has 2 nitrogen and oxygen atoms in total. The van der Waals surface area contributed by atoms with Crippen LogP contribution in [-0.2, 0) is 0 Å². The van der Waals surface area contributed by atoms with Crippen molar-refractivity contribution in [1.29, 1.82) is 0 Å². The fourth-order valence-electron chi connectivity index (χ4n) is 1.31. The van der Waals surface area contributed by atoms with Crippen molar-refractivity contribution in [2.75, 3.05) is 5.43 Å². The molecule has 0 aliphatic rings. The molecule has 0 radical (unpaired) electrons. The van der Waals surface area contributed by atoms with Crippen LogP contribution in [0.25, 0.3) is 0 Å². The first kappa shape index (κ1) is 12.7. The summed E-state index contributed by atoms with van der Waals surface area (Å²) in [4.78, 5) is 0. The number of benzene rings is 2. The summed E-state index contributed by atoms with van der Waals surface area (Å²) in [6, 6.07) is 10.7. The van der Waals surface area contributed by atoms with Crippen molar-refractivity contribution in [3.63, 3.8) is 0 Å². The Morgan fingerprint density at radius 3 is 2.44 bits per heavy atom. The fourth-order valence-corrected chi connectivity index (χ4v) is 1.57. The van der Waals surface area contributed by atoms with E-state index in [1.54, 1.807) is 6.21 Å². The monoisotopic (exact) mass is 310 g/mol. The number of hydrazone groups is 1. The molecule has 2 aromatic carbocycles. The number of halogens is 3. The van der Waals surface area contributed by atoms with E-state index in [1.165, 1.54) is 12.1 Å². The average Bonchev–Trinajstić information content (AvgIpc) is 2.34. The highest BCUT2D eigenvalue weighted by atomic mass is 79.9. The number of anilines is 1. The van der Waals surface area contributed by atoms with Gasteiger partial charge in [0.1, 0.15) is 5.82 Å². The van der Waals surface area contributed by atoms with Crippen LogP contribution in [0.1, 0.15) is 5.56 Å². The molecule has 2 rings (SSSR count). The molecule has 0 fully saturated rings. The zero-order chi connectivity index (χ0) is 13.0. The molecule has 0 amide bonds. The minimum Gasteiger partial charge on any atom is -0.276 e. The second-order valence-electron chi connectivity index (χ2n) is 3.55. The Kier molecular flexibility index (Phi) is 4.04. The van der Waals surface area contributed by atoms with Gasteiger partial charge in [0.25, 0.3) is 0 Å². The molecule has 18 heavy (non-hydrogen) atoms. The first-order valence-electron chi connectivity index (χ1n) is 5.15. The van der Waals surface area contributed by atoms with Gasteiger partial charge in [0.15, 0.2) is 5.82 Å². The number of hydrogen-bond donors (Lipinski definition) is 1. The van der Waals surface area contributed by atoms with Crippen molar-refractivity contribution < 1.29 is 8.78 Å². The van der Waals surface area contributed by atoms with Gasteiger partial charge in [-0.3, -0.25) is 5.43 Å². The van der Waals surface area contributed by atoms with Crippen LogP contribution >= 0.6 is 15.9 Å². The number of hydrogen-bond acceptors (Lipinski definition) is 2. The molecule has 0 aliphatic heterocycles. The third-order valence-corrected chi connectivity index (χ3v) is 2.73. The van der Waals surface area contributed by atoms with E-state index in [1.807, 2.05) is 24.3 Å². The van der Waals surface area contributed by atoms with Crippen molar-refractivity contribution in [3.8, 4) is 0 Å². The molecule has 0 spiro atoms. The van der Waals surface area contributed by atoms with Gasteiger partial charge in [0.05, 0.1) is 11.9 Å². The van der Waals surface area contributed by atoms with E-state index in [9.17, 15) is 8.78 Å². The molecular weight excluding hydrogens is 302 g/mol. The molecular formula is C13H9BrF2N2. The van der Waals surface area contributed by atoms with Crippen LogP contribution < -0.4 is 5.43 Å². The summed E-state index contributed by atoms with van der Waals surface area (Å²) in [5.41, 5.74) is 3.52. The highest BCUT2D eigenvalue weighted by Crippen LogP contribution is 2.14. The molecule has 0 bridgehead atoms. The molecule has 5 heteroatoms. The van der Waals surface area contributed by atoms with Gasteiger partial charge in [-0.05, 0) is 29.8 Å². The van der Waals surface area contributed by atoms with Crippen LogP contribution in [0.3, 0.4) is 0 Å². The fraction of sp³-hybridized carbons (Fsp3) is 0. The van der Waals surface area contributed by atoms with Gasteiger partial charge in [0, 0.05) is 10.5 Å². The van der Waals surface area contributed by atoms with Crippen molar-refractivity contribution in [2.24, 2.45) is 5.10 Å². The van der Waals surface area contributed by atoms with Gasteiger partial charge in [-0.2, -0.15) is 5.10 Å². The molecule has 1 N–H and O–H groups in total. The maximum absolute atomic E-state index is 13.2. The summed E-state index contributed by atoms with van der Waals surface area (Å²) in [6.07, 6.45) is 1.55. The van der Waals surface area contributed by atoms with E-state index in [4.69, 9.17) is 0 Å². The van der Waals surface area contributed by atoms with Crippen LogP contribution in [0.15, 0.2) is 52.0 Å². The standard InChI is InChI=1S/C13H9BrF2N2/c14-10-3-1-9(2-4-10)8-17-18-13-6-5-11(15)7-12(13)16/h1-8,18H/b17-8-. The second-order valence-corrected chi connectivity index (χ2v) is 4.46. The molecule has 2 aromatic rings. The Balaban J connectivity index is 2.05. The van der Waals surface area contributed by atoms with E-state index in [0.29, 0.717) is 0 Å². The SMILES string of the molecule is Fc1ccc(N/N=C\c2ccc(Br)cc2)c(F)c1. The van der Waals surface area contributed by atoms with E-state index >= 15 is 0 Å². The molecule has 0 saturated carbocycles. The Morgan fingerprint density at radius 2 is 1.78 bits per heavy atom. The molecule has 0 aromatic heterocycles. The minimum absolute atomic E-state index is 0.129.